The summed E-state index contributed by atoms with van der Waals surface area (Å²) in [6.45, 7) is 11.4. The Bertz CT molecular complexity index is 1290. The topological polar surface area (TPSA) is 58.0 Å². The van der Waals surface area contributed by atoms with Crippen LogP contribution in [0.15, 0.2) is 12.5 Å². The van der Waals surface area contributed by atoms with Crippen LogP contribution < -0.4 is 5.32 Å². The molecule has 4 aromatic heterocycles. The molecule has 2 unspecified atom stereocenters. The molecule has 0 amide bonds. The normalized spacial score (nSPS) is 23.6. The minimum atomic E-state index is 0.445. The fraction of sp³-hybridized carbons (Fsp3) is 0.520. The van der Waals surface area contributed by atoms with Crippen molar-refractivity contribution < 1.29 is 0 Å². The number of piperidine rings is 1. The van der Waals surface area contributed by atoms with E-state index >= 15 is 0 Å². The van der Waals surface area contributed by atoms with Crippen LogP contribution in [0.2, 0.25) is 0 Å². The van der Waals surface area contributed by atoms with Crippen molar-refractivity contribution in [1.82, 2.24) is 24.9 Å². The van der Waals surface area contributed by atoms with Gasteiger partial charge in [-0.15, -0.1) is 11.3 Å². The summed E-state index contributed by atoms with van der Waals surface area (Å²) in [5, 5.41) is 9.69. The summed E-state index contributed by atoms with van der Waals surface area (Å²) in [7, 11) is 0. The molecule has 162 valence electrons. The van der Waals surface area contributed by atoms with Crippen LogP contribution in [0.3, 0.4) is 0 Å². The van der Waals surface area contributed by atoms with Gasteiger partial charge in [0.2, 0.25) is 0 Å². The van der Waals surface area contributed by atoms with Gasteiger partial charge in [0.15, 0.2) is 5.65 Å². The van der Waals surface area contributed by atoms with Gasteiger partial charge in [0, 0.05) is 34.1 Å². The number of aromatic nitrogens is 4. The second-order valence-electron chi connectivity index (χ2n) is 9.99. The van der Waals surface area contributed by atoms with E-state index in [0.717, 1.165) is 17.7 Å². The van der Waals surface area contributed by atoms with Crippen LogP contribution in [0.5, 0.6) is 0 Å². The molecule has 6 rings (SSSR count). The predicted octanol–water partition coefficient (Wildman–Crippen LogP) is 5.99. The lowest BCUT2D eigenvalue weighted by atomic mass is 9.88. The molecular formula is C25H31N5S. The summed E-state index contributed by atoms with van der Waals surface area (Å²) in [4.78, 5) is 11.3. The van der Waals surface area contributed by atoms with Gasteiger partial charge in [-0.25, -0.2) is 9.50 Å². The van der Waals surface area contributed by atoms with E-state index in [9.17, 15) is 0 Å². The molecule has 4 aromatic rings. The number of H-pyrrole nitrogens is 1. The number of hydrogen-bond acceptors (Lipinski definition) is 4. The van der Waals surface area contributed by atoms with Gasteiger partial charge in [-0.2, -0.15) is 5.10 Å². The van der Waals surface area contributed by atoms with E-state index in [2.05, 4.69) is 61.2 Å². The quantitative estimate of drug-likeness (QED) is 0.417. The Kier molecular flexibility index (Phi) is 4.35. The van der Waals surface area contributed by atoms with Crippen molar-refractivity contribution in [3.63, 3.8) is 0 Å². The van der Waals surface area contributed by atoms with E-state index < -0.39 is 0 Å². The lowest BCUT2D eigenvalue weighted by Crippen LogP contribution is -2.37. The highest BCUT2D eigenvalue weighted by Gasteiger charge is 2.36. The smallest absolute Gasteiger partial charge is 0.158 e. The number of rotatable bonds is 3. The maximum Gasteiger partial charge on any atom is 0.158 e. The van der Waals surface area contributed by atoms with Crippen LogP contribution in [0.1, 0.15) is 78.5 Å². The molecule has 2 bridgehead atoms. The van der Waals surface area contributed by atoms with Crippen LogP contribution in [-0.2, 0) is 0 Å². The van der Waals surface area contributed by atoms with Crippen LogP contribution in [0.4, 0.5) is 0 Å². The van der Waals surface area contributed by atoms with Crippen LogP contribution in [0, 0.1) is 20.8 Å². The standard InChI is InChI=1S/C25H31N5S/c1-12(2)20-21-15(5)23(16-8-17-6-7-18(9-16)28-17)31-25(21)29-22(20)19-10-30-24(26-11-27-30)14(4)13(19)3/h10-12,16-18,28-29H,6-9H2,1-5H3. The van der Waals surface area contributed by atoms with E-state index in [4.69, 9.17) is 0 Å². The molecular weight excluding hydrogens is 402 g/mol. The maximum absolute atomic E-state index is 4.44. The van der Waals surface area contributed by atoms with Crippen molar-refractivity contribution in [2.24, 2.45) is 0 Å². The molecule has 6 heteroatoms. The van der Waals surface area contributed by atoms with Gasteiger partial charge in [-0.1, -0.05) is 13.8 Å². The van der Waals surface area contributed by atoms with E-state index in [1.807, 2.05) is 15.9 Å². The third kappa shape index (κ3) is 2.84. The molecule has 2 fully saturated rings. The molecule has 2 aliphatic rings. The molecule has 5 nitrogen and oxygen atoms in total. The molecule has 0 aromatic carbocycles. The summed E-state index contributed by atoms with van der Waals surface area (Å²) >= 11 is 2.01. The first kappa shape index (κ1) is 19.5. The fourth-order valence-corrected chi connectivity index (χ4v) is 7.51. The minimum absolute atomic E-state index is 0.445. The minimum Gasteiger partial charge on any atom is -0.346 e. The molecule has 2 N–H and O–H groups in total. The number of nitrogens with zero attached hydrogens (tertiary/aromatic N) is 3. The maximum atomic E-state index is 4.44. The average Bonchev–Trinajstić information content (AvgIpc) is 3.49. The SMILES string of the molecule is Cc1c(-c2[nH]c3sc(C4CC5CCC(C4)N5)c(C)c3c2C(C)C)cn2ncnc2c1C. The van der Waals surface area contributed by atoms with E-state index in [-0.39, 0.29) is 0 Å². The zero-order valence-electron chi connectivity index (χ0n) is 19.0. The highest BCUT2D eigenvalue weighted by atomic mass is 32.1. The number of thiophene rings is 1. The zero-order valence-corrected chi connectivity index (χ0v) is 19.9. The van der Waals surface area contributed by atoms with Gasteiger partial charge in [0.1, 0.15) is 11.2 Å². The lowest BCUT2D eigenvalue weighted by Gasteiger charge is -2.29. The molecule has 2 atom stereocenters. The fourth-order valence-electron chi connectivity index (χ4n) is 6.15. The van der Waals surface area contributed by atoms with Crippen molar-refractivity contribution in [2.75, 3.05) is 0 Å². The third-order valence-electron chi connectivity index (χ3n) is 7.78. The van der Waals surface area contributed by atoms with Gasteiger partial charge < -0.3 is 10.3 Å². The first-order valence-corrected chi connectivity index (χ1v) is 12.4. The summed E-state index contributed by atoms with van der Waals surface area (Å²) < 4.78 is 1.92. The van der Waals surface area contributed by atoms with Crippen molar-refractivity contribution >= 4 is 27.2 Å². The van der Waals surface area contributed by atoms with E-state index in [1.165, 1.54) is 69.4 Å². The van der Waals surface area contributed by atoms with Crippen molar-refractivity contribution in [3.05, 3.63) is 39.7 Å². The zero-order chi connectivity index (χ0) is 21.4. The summed E-state index contributed by atoms with van der Waals surface area (Å²) in [5.74, 6) is 1.16. The number of pyridine rings is 1. The van der Waals surface area contributed by atoms with Gasteiger partial charge >= 0.3 is 0 Å². The highest BCUT2D eigenvalue weighted by molar-refractivity contribution is 7.19. The van der Waals surface area contributed by atoms with Gasteiger partial charge in [0.25, 0.3) is 0 Å². The van der Waals surface area contributed by atoms with Crippen LogP contribution in [0.25, 0.3) is 27.1 Å². The average molecular weight is 434 g/mol. The second-order valence-corrected chi connectivity index (χ2v) is 11.0. The first-order chi connectivity index (χ1) is 14.9. The molecule has 0 aliphatic carbocycles. The van der Waals surface area contributed by atoms with Crippen molar-refractivity contribution in [2.45, 2.75) is 84.2 Å². The Labute approximate surface area is 187 Å². The summed E-state index contributed by atoms with van der Waals surface area (Å²) in [6, 6.07) is 1.45. The molecule has 6 heterocycles. The third-order valence-corrected chi connectivity index (χ3v) is 9.15. The second kappa shape index (κ2) is 6.91. The molecule has 2 aliphatic heterocycles. The van der Waals surface area contributed by atoms with Crippen molar-refractivity contribution in [3.8, 4) is 11.3 Å². The monoisotopic (exact) mass is 433 g/mol. The molecule has 2 saturated heterocycles. The molecule has 0 saturated carbocycles. The van der Waals surface area contributed by atoms with Crippen molar-refractivity contribution in [1.29, 1.82) is 0 Å². The Morgan fingerprint density at radius 2 is 1.81 bits per heavy atom. The Morgan fingerprint density at radius 3 is 2.52 bits per heavy atom. The van der Waals surface area contributed by atoms with Gasteiger partial charge in [-0.05, 0) is 80.5 Å². The first-order valence-electron chi connectivity index (χ1n) is 11.6. The summed E-state index contributed by atoms with van der Waals surface area (Å²) in [5.41, 5.74) is 8.88. The Balaban J connectivity index is 1.52. The predicted molar refractivity (Wildman–Crippen MR) is 128 cm³/mol. The molecule has 31 heavy (non-hydrogen) atoms. The molecule has 0 radical (unpaired) electrons. The Morgan fingerprint density at radius 1 is 1.06 bits per heavy atom. The van der Waals surface area contributed by atoms with Gasteiger partial charge in [-0.3, -0.25) is 0 Å². The number of hydrogen-bond donors (Lipinski definition) is 2. The Hall–Kier alpha value is -2.18. The molecule has 0 spiro atoms. The lowest BCUT2D eigenvalue weighted by molar-refractivity contribution is 0.366. The largest absolute Gasteiger partial charge is 0.346 e. The van der Waals surface area contributed by atoms with E-state index in [0.29, 0.717) is 11.8 Å². The highest BCUT2D eigenvalue weighted by Crippen LogP contribution is 2.48. The number of aryl methyl sites for hydroxylation is 2. The van der Waals surface area contributed by atoms with Crippen LogP contribution in [-0.4, -0.2) is 31.7 Å². The van der Waals surface area contributed by atoms with E-state index in [1.54, 1.807) is 11.2 Å². The van der Waals surface area contributed by atoms with Gasteiger partial charge in [0.05, 0.1) is 5.69 Å². The van der Waals surface area contributed by atoms with Crippen LogP contribution >= 0.6 is 11.3 Å². The number of aromatic amines is 1. The number of nitrogens with one attached hydrogen (secondary N) is 2. The summed E-state index contributed by atoms with van der Waals surface area (Å²) in [6.07, 6.45) is 9.09. The number of fused-ring (bicyclic) bond motifs is 4.